The van der Waals surface area contributed by atoms with Gasteiger partial charge in [0.2, 0.25) is 5.91 Å². The van der Waals surface area contributed by atoms with Crippen LogP contribution in [-0.2, 0) is 4.79 Å². The van der Waals surface area contributed by atoms with Crippen molar-refractivity contribution in [1.82, 2.24) is 5.32 Å². The number of carbonyl (C=O) groups is 1. The van der Waals surface area contributed by atoms with E-state index in [1.165, 1.54) is 6.07 Å². The zero-order valence-corrected chi connectivity index (χ0v) is 13.0. The molecule has 0 bridgehead atoms. The molecule has 106 valence electrons. The summed E-state index contributed by atoms with van der Waals surface area (Å²) in [6.07, 6.45) is 1.78. The highest BCUT2D eigenvalue weighted by Crippen LogP contribution is 2.28. The van der Waals surface area contributed by atoms with Crippen LogP contribution in [0.15, 0.2) is 22.7 Å². The van der Waals surface area contributed by atoms with Gasteiger partial charge in [-0.1, -0.05) is 15.9 Å². The maximum atomic E-state index is 13.6. The van der Waals surface area contributed by atoms with Crippen molar-refractivity contribution < 1.29 is 9.18 Å². The van der Waals surface area contributed by atoms with Gasteiger partial charge in [0.1, 0.15) is 5.82 Å². The minimum Gasteiger partial charge on any atom is -0.323 e. The number of piperidine rings is 1. The molecule has 19 heavy (non-hydrogen) atoms. The first-order chi connectivity index (χ1) is 8.51. The van der Waals surface area contributed by atoms with E-state index in [0.29, 0.717) is 6.54 Å². The van der Waals surface area contributed by atoms with Gasteiger partial charge in [0.15, 0.2) is 0 Å². The van der Waals surface area contributed by atoms with E-state index in [4.69, 9.17) is 0 Å². The highest BCUT2D eigenvalue weighted by atomic mass is 79.9. The Morgan fingerprint density at radius 1 is 1.53 bits per heavy atom. The third-order valence-corrected chi connectivity index (χ3v) is 3.82. The van der Waals surface area contributed by atoms with Crippen LogP contribution < -0.4 is 10.6 Å². The fourth-order valence-electron chi connectivity index (χ4n) is 2.12. The molecular formula is C13H17BrClFN2O. The molecule has 3 nitrogen and oxygen atoms in total. The summed E-state index contributed by atoms with van der Waals surface area (Å²) in [6.45, 7) is 3.48. The molecule has 2 rings (SSSR count). The number of hydrogen-bond acceptors (Lipinski definition) is 2. The second-order valence-corrected chi connectivity index (χ2v) is 5.83. The van der Waals surface area contributed by atoms with Crippen LogP contribution in [0.2, 0.25) is 0 Å². The first kappa shape index (κ1) is 16.4. The van der Waals surface area contributed by atoms with Crippen molar-refractivity contribution in [2.24, 2.45) is 5.41 Å². The number of rotatable bonds is 2. The van der Waals surface area contributed by atoms with Crippen LogP contribution in [0.5, 0.6) is 0 Å². The molecule has 1 atom stereocenters. The SMILES string of the molecule is CC1(C(=O)Nc2cc(Br)ccc2F)CCCNC1.Cl. The fraction of sp³-hybridized carbons (Fsp3) is 0.462. The van der Waals surface area contributed by atoms with Crippen molar-refractivity contribution in [3.63, 3.8) is 0 Å². The molecule has 0 aromatic heterocycles. The van der Waals surface area contributed by atoms with E-state index in [0.717, 1.165) is 23.9 Å². The van der Waals surface area contributed by atoms with Crippen LogP contribution in [0.25, 0.3) is 0 Å². The van der Waals surface area contributed by atoms with Gasteiger partial charge in [0, 0.05) is 11.0 Å². The lowest BCUT2D eigenvalue weighted by Gasteiger charge is -2.32. The van der Waals surface area contributed by atoms with Crippen molar-refractivity contribution in [3.05, 3.63) is 28.5 Å². The monoisotopic (exact) mass is 350 g/mol. The molecule has 0 saturated carbocycles. The maximum Gasteiger partial charge on any atom is 0.231 e. The van der Waals surface area contributed by atoms with E-state index in [9.17, 15) is 9.18 Å². The van der Waals surface area contributed by atoms with E-state index in [1.807, 2.05) is 6.92 Å². The average molecular weight is 352 g/mol. The van der Waals surface area contributed by atoms with Crippen molar-refractivity contribution in [3.8, 4) is 0 Å². The third-order valence-electron chi connectivity index (χ3n) is 3.32. The summed E-state index contributed by atoms with van der Waals surface area (Å²) in [5, 5.41) is 5.88. The van der Waals surface area contributed by atoms with Gasteiger partial charge in [-0.25, -0.2) is 4.39 Å². The normalized spacial score (nSPS) is 22.5. The van der Waals surface area contributed by atoms with Gasteiger partial charge in [0.05, 0.1) is 11.1 Å². The highest BCUT2D eigenvalue weighted by Gasteiger charge is 2.34. The van der Waals surface area contributed by atoms with Gasteiger partial charge in [-0.05, 0) is 44.5 Å². The molecule has 6 heteroatoms. The predicted octanol–water partition coefficient (Wildman–Crippen LogP) is 3.34. The van der Waals surface area contributed by atoms with Crippen LogP contribution in [0.4, 0.5) is 10.1 Å². The van der Waals surface area contributed by atoms with Crippen LogP contribution in [-0.4, -0.2) is 19.0 Å². The third kappa shape index (κ3) is 3.91. The molecule has 1 saturated heterocycles. The lowest BCUT2D eigenvalue weighted by Crippen LogP contribution is -2.46. The quantitative estimate of drug-likeness (QED) is 0.858. The second kappa shape index (κ2) is 6.68. The molecule has 1 heterocycles. The number of halogens is 3. The summed E-state index contributed by atoms with van der Waals surface area (Å²) < 4.78 is 14.3. The van der Waals surface area contributed by atoms with Crippen LogP contribution >= 0.6 is 28.3 Å². The summed E-state index contributed by atoms with van der Waals surface area (Å²) >= 11 is 3.27. The van der Waals surface area contributed by atoms with Gasteiger partial charge < -0.3 is 10.6 Å². The molecule has 1 aromatic carbocycles. The first-order valence-corrected chi connectivity index (χ1v) is 6.78. The number of benzene rings is 1. The zero-order valence-electron chi connectivity index (χ0n) is 10.6. The Morgan fingerprint density at radius 2 is 2.26 bits per heavy atom. The molecule has 1 unspecified atom stereocenters. The number of carbonyl (C=O) groups excluding carboxylic acids is 1. The Kier molecular flexibility index (Phi) is 5.77. The van der Waals surface area contributed by atoms with Crippen LogP contribution in [0.1, 0.15) is 19.8 Å². The Labute approximate surface area is 126 Å². The summed E-state index contributed by atoms with van der Waals surface area (Å²) in [4.78, 5) is 12.2. The smallest absolute Gasteiger partial charge is 0.231 e. The highest BCUT2D eigenvalue weighted by molar-refractivity contribution is 9.10. The van der Waals surface area contributed by atoms with Gasteiger partial charge >= 0.3 is 0 Å². The molecule has 0 spiro atoms. The second-order valence-electron chi connectivity index (χ2n) is 4.92. The summed E-state index contributed by atoms with van der Waals surface area (Å²) in [7, 11) is 0. The number of amides is 1. The molecule has 2 N–H and O–H groups in total. The minimum absolute atomic E-state index is 0. The largest absolute Gasteiger partial charge is 0.323 e. The summed E-state index contributed by atoms with van der Waals surface area (Å²) in [5.74, 6) is -0.550. The van der Waals surface area contributed by atoms with Crippen molar-refractivity contribution >= 4 is 39.9 Å². The molecule has 1 amide bonds. The van der Waals surface area contributed by atoms with Crippen molar-refractivity contribution in [2.45, 2.75) is 19.8 Å². The molecule has 1 fully saturated rings. The number of hydrogen-bond donors (Lipinski definition) is 2. The van der Waals surface area contributed by atoms with Crippen LogP contribution in [0.3, 0.4) is 0 Å². The lowest BCUT2D eigenvalue weighted by atomic mass is 9.82. The zero-order chi connectivity index (χ0) is 13.2. The number of nitrogens with one attached hydrogen (secondary N) is 2. The minimum atomic E-state index is -0.465. The summed E-state index contributed by atoms with van der Waals surface area (Å²) in [6, 6.07) is 4.52. The molecule has 0 radical (unpaired) electrons. The standard InChI is InChI=1S/C13H16BrFN2O.ClH/c1-13(5-2-6-16-8-13)12(18)17-11-7-9(14)3-4-10(11)15;/h3-4,7,16H,2,5-6,8H2,1H3,(H,17,18);1H. The van der Waals surface area contributed by atoms with E-state index in [1.54, 1.807) is 12.1 Å². The van der Waals surface area contributed by atoms with Crippen molar-refractivity contribution in [1.29, 1.82) is 0 Å². The Balaban J connectivity index is 0.00000180. The maximum absolute atomic E-state index is 13.6. The fourth-order valence-corrected chi connectivity index (χ4v) is 2.48. The average Bonchev–Trinajstić information content (AvgIpc) is 2.35. The Bertz CT molecular complexity index is 464. The van der Waals surface area contributed by atoms with Crippen molar-refractivity contribution in [2.75, 3.05) is 18.4 Å². The van der Waals surface area contributed by atoms with Gasteiger partial charge in [-0.2, -0.15) is 0 Å². The first-order valence-electron chi connectivity index (χ1n) is 5.98. The van der Waals surface area contributed by atoms with E-state index >= 15 is 0 Å². The summed E-state index contributed by atoms with van der Waals surface area (Å²) in [5.41, 5.74) is -0.242. The topological polar surface area (TPSA) is 41.1 Å². The van der Waals surface area contributed by atoms with Gasteiger partial charge in [-0.15, -0.1) is 12.4 Å². The van der Waals surface area contributed by atoms with E-state index in [-0.39, 0.29) is 24.0 Å². The molecular weight excluding hydrogens is 335 g/mol. The molecule has 1 aliphatic rings. The number of anilines is 1. The molecule has 0 aliphatic carbocycles. The molecule has 1 aliphatic heterocycles. The predicted molar refractivity (Wildman–Crippen MR) is 80.2 cm³/mol. The lowest BCUT2D eigenvalue weighted by molar-refractivity contribution is -0.125. The molecule has 1 aromatic rings. The van der Waals surface area contributed by atoms with Crippen LogP contribution in [0, 0.1) is 11.2 Å². The van der Waals surface area contributed by atoms with E-state index in [2.05, 4.69) is 26.6 Å². The van der Waals surface area contributed by atoms with Gasteiger partial charge in [-0.3, -0.25) is 4.79 Å². The Morgan fingerprint density at radius 3 is 2.89 bits per heavy atom. The van der Waals surface area contributed by atoms with Gasteiger partial charge in [0.25, 0.3) is 0 Å². The van der Waals surface area contributed by atoms with E-state index < -0.39 is 11.2 Å². The Hall–Kier alpha value is -0.650.